The molecule has 0 aromatic carbocycles. The molecule has 0 aromatic rings. The predicted molar refractivity (Wildman–Crippen MR) is 53.5 cm³/mol. The largest absolute Gasteiger partial charge is 0.343 e. The average Bonchev–Trinajstić information content (AvgIpc) is 2.46. The zero-order valence-corrected chi connectivity index (χ0v) is 8.35. The van der Waals surface area contributed by atoms with Gasteiger partial charge in [0.2, 0.25) is 5.91 Å². The van der Waals surface area contributed by atoms with Crippen LogP contribution in [0.3, 0.4) is 0 Å². The molecule has 0 atom stereocenters. The van der Waals surface area contributed by atoms with Gasteiger partial charge in [0.15, 0.2) is 0 Å². The van der Waals surface area contributed by atoms with Crippen molar-refractivity contribution in [3.63, 3.8) is 0 Å². The van der Waals surface area contributed by atoms with E-state index >= 15 is 0 Å². The number of nitrogens with zero attached hydrogens (tertiary/aromatic N) is 1. The number of thiol groups is 1. The van der Waals surface area contributed by atoms with Gasteiger partial charge in [-0.15, -0.1) is 0 Å². The van der Waals surface area contributed by atoms with Crippen molar-refractivity contribution in [3.05, 3.63) is 0 Å². The van der Waals surface area contributed by atoms with Crippen molar-refractivity contribution < 1.29 is 4.79 Å². The van der Waals surface area contributed by atoms with Crippen molar-refractivity contribution in [2.24, 2.45) is 0 Å². The van der Waals surface area contributed by atoms with E-state index in [1.54, 1.807) is 0 Å². The molecule has 2 nitrogen and oxygen atoms in total. The fourth-order valence-electron chi connectivity index (χ4n) is 1.53. The van der Waals surface area contributed by atoms with Crippen LogP contribution in [0.25, 0.3) is 0 Å². The number of likely N-dealkylation sites (tertiary alicyclic amines) is 1. The highest BCUT2D eigenvalue weighted by atomic mass is 32.1. The van der Waals surface area contributed by atoms with Crippen LogP contribution in [0.5, 0.6) is 0 Å². The average molecular weight is 187 g/mol. The van der Waals surface area contributed by atoms with Crippen LogP contribution in [0.2, 0.25) is 0 Å². The molecule has 1 aliphatic heterocycles. The molecule has 0 unspecified atom stereocenters. The second-order valence-corrected chi connectivity index (χ2v) is 3.72. The van der Waals surface area contributed by atoms with E-state index in [0.717, 1.165) is 38.1 Å². The molecule has 70 valence electrons. The summed E-state index contributed by atoms with van der Waals surface area (Å²) in [5.74, 6) is 1.31. The van der Waals surface area contributed by atoms with E-state index in [9.17, 15) is 4.79 Å². The van der Waals surface area contributed by atoms with Crippen LogP contribution in [0.4, 0.5) is 0 Å². The van der Waals surface area contributed by atoms with Crippen molar-refractivity contribution in [2.45, 2.75) is 32.1 Å². The molecule has 0 radical (unpaired) electrons. The summed E-state index contributed by atoms with van der Waals surface area (Å²) in [5, 5.41) is 0. The van der Waals surface area contributed by atoms with E-state index in [1.807, 2.05) is 4.90 Å². The number of hydrogen-bond acceptors (Lipinski definition) is 2. The summed E-state index contributed by atoms with van der Waals surface area (Å²) in [5.41, 5.74) is 0. The lowest BCUT2D eigenvalue weighted by Gasteiger charge is -2.14. The van der Waals surface area contributed by atoms with Crippen molar-refractivity contribution in [1.82, 2.24) is 4.90 Å². The summed E-state index contributed by atoms with van der Waals surface area (Å²) in [4.78, 5) is 13.1. The zero-order chi connectivity index (χ0) is 8.81. The van der Waals surface area contributed by atoms with E-state index in [2.05, 4.69) is 12.6 Å². The SMILES string of the molecule is O=C1CCCN1CCCCCS. The zero-order valence-electron chi connectivity index (χ0n) is 7.46. The van der Waals surface area contributed by atoms with Gasteiger partial charge < -0.3 is 4.90 Å². The lowest BCUT2D eigenvalue weighted by atomic mass is 10.2. The van der Waals surface area contributed by atoms with E-state index in [0.29, 0.717) is 5.91 Å². The lowest BCUT2D eigenvalue weighted by Crippen LogP contribution is -2.25. The predicted octanol–water partition coefficient (Wildman–Crippen LogP) is 1.71. The van der Waals surface area contributed by atoms with Gasteiger partial charge in [0.1, 0.15) is 0 Å². The minimum atomic E-state index is 0.348. The first-order chi connectivity index (χ1) is 5.84. The first kappa shape index (κ1) is 9.90. The van der Waals surface area contributed by atoms with Crippen LogP contribution in [0.15, 0.2) is 0 Å². The Hall–Kier alpha value is -0.180. The van der Waals surface area contributed by atoms with E-state index in [4.69, 9.17) is 0 Å². The first-order valence-corrected chi connectivity index (χ1v) is 5.36. The molecule has 3 heteroatoms. The smallest absolute Gasteiger partial charge is 0.222 e. The number of rotatable bonds is 5. The van der Waals surface area contributed by atoms with Crippen LogP contribution in [0, 0.1) is 0 Å². The molecule has 1 fully saturated rings. The molecular weight excluding hydrogens is 170 g/mol. The van der Waals surface area contributed by atoms with Crippen LogP contribution in [0.1, 0.15) is 32.1 Å². The van der Waals surface area contributed by atoms with Crippen molar-refractivity contribution in [3.8, 4) is 0 Å². The maximum Gasteiger partial charge on any atom is 0.222 e. The van der Waals surface area contributed by atoms with Gasteiger partial charge in [0.05, 0.1) is 0 Å². The highest BCUT2D eigenvalue weighted by Gasteiger charge is 2.18. The number of carbonyl (C=O) groups is 1. The van der Waals surface area contributed by atoms with Gasteiger partial charge in [-0.2, -0.15) is 12.6 Å². The lowest BCUT2D eigenvalue weighted by molar-refractivity contribution is -0.127. The molecule has 0 bridgehead atoms. The van der Waals surface area contributed by atoms with Gasteiger partial charge in [-0.05, 0) is 25.0 Å². The van der Waals surface area contributed by atoms with Crippen LogP contribution < -0.4 is 0 Å². The second-order valence-electron chi connectivity index (χ2n) is 3.27. The number of amides is 1. The summed E-state index contributed by atoms with van der Waals surface area (Å²) in [7, 11) is 0. The molecule has 0 N–H and O–H groups in total. The highest BCUT2D eigenvalue weighted by molar-refractivity contribution is 7.80. The Labute approximate surface area is 79.7 Å². The summed E-state index contributed by atoms with van der Waals surface area (Å²) in [6.07, 6.45) is 5.35. The number of unbranched alkanes of at least 4 members (excludes halogenated alkanes) is 2. The quantitative estimate of drug-likeness (QED) is 0.513. The van der Waals surface area contributed by atoms with Crippen LogP contribution in [-0.4, -0.2) is 29.6 Å². The molecule has 12 heavy (non-hydrogen) atoms. The Kier molecular flexibility index (Phi) is 4.51. The van der Waals surface area contributed by atoms with E-state index in [-0.39, 0.29) is 0 Å². The van der Waals surface area contributed by atoms with Gasteiger partial charge in [0, 0.05) is 19.5 Å². The van der Waals surface area contributed by atoms with Crippen LogP contribution in [-0.2, 0) is 4.79 Å². The Balaban J connectivity index is 2.02. The molecule has 1 saturated heterocycles. The molecule has 1 amide bonds. The minimum Gasteiger partial charge on any atom is -0.343 e. The molecule has 0 spiro atoms. The number of carbonyl (C=O) groups excluding carboxylic acids is 1. The standard InChI is InChI=1S/C9H17NOS/c11-9-5-4-7-10(9)6-2-1-3-8-12/h12H,1-8H2. The van der Waals surface area contributed by atoms with Crippen molar-refractivity contribution >= 4 is 18.5 Å². The van der Waals surface area contributed by atoms with Gasteiger partial charge in [-0.3, -0.25) is 4.79 Å². The molecule has 0 aromatic heterocycles. The van der Waals surface area contributed by atoms with Gasteiger partial charge >= 0.3 is 0 Å². The van der Waals surface area contributed by atoms with Gasteiger partial charge in [-0.1, -0.05) is 6.42 Å². The normalized spacial score (nSPS) is 17.4. The molecule has 0 saturated carbocycles. The van der Waals surface area contributed by atoms with Gasteiger partial charge in [-0.25, -0.2) is 0 Å². The molecular formula is C9H17NOS. The van der Waals surface area contributed by atoms with Crippen LogP contribution >= 0.6 is 12.6 Å². The summed E-state index contributed by atoms with van der Waals surface area (Å²) < 4.78 is 0. The Morgan fingerprint density at radius 3 is 2.75 bits per heavy atom. The Bertz CT molecular complexity index is 149. The molecule has 0 aliphatic carbocycles. The third-order valence-corrected chi connectivity index (χ3v) is 2.57. The third-order valence-electron chi connectivity index (χ3n) is 2.26. The fraction of sp³-hybridized carbons (Fsp3) is 0.889. The van der Waals surface area contributed by atoms with Gasteiger partial charge in [0.25, 0.3) is 0 Å². The summed E-state index contributed by atoms with van der Waals surface area (Å²) in [6, 6.07) is 0. The topological polar surface area (TPSA) is 20.3 Å². The first-order valence-electron chi connectivity index (χ1n) is 4.73. The monoisotopic (exact) mass is 187 g/mol. The molecule has 1 heterocycles. The minimum absolute atomic E-state index is 0.348. The third kappa shape index (κ3) is 3.05. The van der Waals surface area contributed by atoms with E-state index in [1.165, 1.54) is 12.8 Å². The summed E-state index contributed by atoms with van der Waals surface area (Å²) >= 11 is 4.14. The van der Waals surface area contributed by atoms with E-state index < -0.39 is 0 Å². The van der Waals surface area contributed by atoms with Crippen molar-refractivity contribution in [2.75, 3.05) is 18.8 Å². The summed E-state index contributed by atoms with van der Waals surface area (Å²) in [6.45, 7) is 1.95. The fourth-order valence-corrected chi connectivity index (χ4v) is 1.76. The Morgan fingerprint density at radius 2 is 2.17 bits per heavy atom. The number of hydrogen-bond donors (Lipinski definition) is 1. The maximum absolute atomic E-state index is 11.1. The second kappa shape index (κ2) is 5.46. The Morgan fingerprint density at radius 1 is 1.33 bits per heavy atom. The highest BCUT2D eigenvalue weighted by Crippen LogP contribution is 2.10. The molecule has 1 rings (SSSR count). The maximum atomic E-state index is 11.1. The molecule has 1 aliphatic rings. The van der Waals surface area contributed by atoms with Crippen molar-refractivity contribution in [1.29, 1.82) is 0 Å².